The summed E-state index contributed by atoms with van der Waals surface area (Å²) in [7, 11) is -3.73. The van der Waals surface area contributed by atoms with Crippen molar-refractivity contribution in [2.75, 3.05) is 4.72 Å². The minimum Gasteiger partial charge on any atom is -0.439 e. The van der Waals surface area contributed by atoms with Crippen molar-refractivity contribution < 1.29 is 13.2 Å². The molecule has 0 fully saturated rings. The molecule has 1 N–H and O–H groups in total. The molecule has 164 valence electrons. The van der Waals surface area contributed by atoms with Gasteiger partial charge in [-0.1, -0.05) is 30.3 Å². The smallest absolute Gasteiger partial charge is 0.261 e. The van der Waals surface area contributed by atoms with E-state index >= 15 is 0 Å². The summed E-state index contributed by atoms with van der Waals surface area (Å²) in [5.41, 5.74) is 0.425. The van der Waals surface area contributed by atoms with Crippen LogP contribution in [0.5, 0.6) is 11.6 Å². The van der Waals surface area contributed by atoms with Gasteiger partial charge in [0.25, 0.3) is 10.0 Å². The SMILES string of the molecule is Cc1nc(Oc2ccc(NS(=O)(=O)c3ccc4ccccc4c3)cc2)cc(-n2ccnc2)n1. The third-order valence-electron chi connectivity index (χ3n) is 4.93. The Hall–Kier alpha value is -4.24. The molecule has 0 bridgehead atoms. The highest BCUT2D eigenvalue weighted by atomic mass is 32.2. The third kappa shape index (κ3) is 4.53. The minimum atomic E-state index is -3.73. The molecule has 33 heavy (non-hydrogen) atoms. The maximum atomic E-state index is 12.8. The fourth-order valence-corrected chi connectivity index (χ4v) is 4.46. The summed E-state index contributed by atoms with van der Waals surface area (Å²) in [6.45, 7) is 1.78. The molecule has 5 rings (SSSR count). The van der Waals surface area contributed by atoms with E-state index in [0.29, 0.717) is 29.0 Å². The summed E-state index contributed by atoms with van der Waals surface area (Å²) in [4.78, 5) is 12.9. The number of ether oxygens (including phenoxy) is 1. The Bertz CT molecular complexity index is 1530. The topological polar surface area (TPSA) is 99.0 Å². The van der Waals surface area contributed by atoms with Crippen LogP contribution in [0.1, 0.15) is 5.82 Å². The molecule has 0 unspecified atom stereocenters. The van der Waals surface area contributed by atoms with Gasteiger partial charge in [-0.05, 0) is 54.1 Å². The van der Waals surface area contributed by atoms with Crippen LogP contribution in [-0.2, 0) is 10.0 Å². The van der Waals surface area contributed by atoms with E-state index in [2.05, 4.69) is 19.7 Å². The van der Waals surface area contributed by atoms with Crippen molar-refractivity contribution in [3.63, 3.8) is 0 Å². The van der Waals surface area contributed by atoms with Gasteiger partial charge in [-0.3, -0.25) is 9.29 Å². The minimum absolute atomic E-state index is 0.199. The van der Waals surface area contributed by atoms with Gasteiger partial charge in [-0.2, -0.15) is 4.98 Å². The quantitative estimate of drug-likeness (QED) is 0.396. The first-order valence-corrected chi connectivity index (χ1v) is 11.6. The first-order chi connectivity index (χ1) is 16.0. The number of imidazole rings is 1. The summed E-state index contributed by atoms with van der Waals surface area (Å²) in [5, 5.41) is 1.84. The van der Waals surface area contributed by atoms with Crippen LogP contribution < -0.4 is 9.46 Å². The van der Waals surface area contributed by atoms with Crippen molar-refractivity contribution in [3.8, 4) is 17.4 Å². The molecule has 0 saturated carbocycles. The molecule has 0 amide bonds. The largest absolute Gasteiger partial charge is 0.439 e. The average Bonchev–Trinajstić information content (AvgIpc) is 3.35. The van der Waals surface area contributed by atoms with Crippen molar-refractivity contribution in [1.29, 1.82) is 0 Å². The van der Waals surface area contributed by atoms with Gasteiger partial charge >= 0.3 is 0 Å². The van der Waals surface area contributed by atoms with Crippen LogP contribution in [0.15, 0.2) is 96.4 Å². The second-order valence-electron chi connectivity index (χ2n) is 7.32. The van der Waals surface area contributed by atoms with E-state index in [4.69, 9.17) is 4.74 Å². The predicted octanol–water partition coefficient (Wildman–Crippen LogP) is 4.72. The van der Waals surface area contributed by atoms with Crippen LogP contribution in [0.3, 0.4) is 0 Å². The third-order valence-corrected chi connectivity index (χ3v) is 6.31. The predicted molar refractivity (Wildman–Crippen MR) is 125 cm³/mol. The van der Waals surface area contributed by atoms with E-state index in [9.17, 15) is 8.42 Å². The lowest BCUT2D eigenvalue weighted by Gasteiger charge is -2.11. The number of anilines is 1. The number of rotatable bonds is 6. The fraction of sp³-hybridized carbons (Fsp3) is 0.0417. The Morgan fingerprint density at radius 1 is 0.909 bits per heavy atom. The first-order valence-electron chi connectivity index (χ1n) is 10.1. The number of hydrogen-bond acceptors (Lipinski definition) is 6. The molecule has 0 aliphatic rings. The van der Waals surface area contributed by atoms with Crippen LogP contribution in [0.25, 0.3) is 16.6 Å². The van der Waals surface area contributed by atoms with Gasteiger partial charge in [0.05, 0.1) is 4.90 Å². The highest BCUT2D eigenvalue weighted by Gasteiger charge is 2.15. The van der Waals surface area contributed by atoms with Crippen LogP contribution in [0.4, 0.5) is 5.69 Å². The van der Waals surface area contributed by atoms with Crippen molar-refractivity contribution in [3.05, 3.63) is 97.3 Å². The molecule has 0 radical (unpaired) electrons. The number of nitrogens with one attached hydrogen (secondary N) is 1. The molecule has 0 aliphatic heterocycles. The monoisotopic (exact) mass is 457 g/mol. The molecule has 9 heteroatoms. The fourth-order valence-electron chi connectivity index (χ4n) is 3.36. The standard InChI is InChI=1S/C24H19N5O3S/c1-17-26-23(29-13-12-25-16-29)15-24(27-17)32-21-9-7-20(8-10-21)28-33(30,31)22-11-6-18-4-2-3-5-19(18)14-22/h2-16,28H,1H3. The van der Waals surface area contributed by atoms with Crippen molar-refractivity contribution in [2.24, 2.45) is 0 Å². The van der Waals surface area contributed by atoms with Gasteiger partial charge in [-0.25, -0.2) is 18.4 Å². The van der Waals surface area contributed by atoms with Gasteiger partial charge < -0.3 is 4.74 Å². The molecule has 0 spiro atoms. The van der Waals surface area contributed by atoms with E-state index in [-0.39, 0.29) is 4.90 Å². The Kier molecular flexibility index (Phi) is 5.23. The lowest BCUT2D eigenvalue weighted by Crippen LogP contribution is -2.12. The summed E-state index contributed by atoms with van der Waals surface area (Å²) in [6.07, 6.45) is 5.08. The molecular weight excluding hydrogens is 438 g/mol. The highest BCUT2D eigenvalue weighted by Crippen LogP contribution is 2.25. The van der Waals surface area contributed by atoms with E-state index in [1.54, 1.807) is 78.7 Å². The number of nitrogens with zero attached hydrogens (tertiary/aromatic N) is 4. The Morgan fingerprint density at radius 2 is 1.70 bits per heavy atom. The van der Waals surface area contributed by atoms with Crippen LogP contribution in [0.2, 0.25) is 0 Å². The first kappa shape index (κ1) is 20.7. The molecule has 0 aliphatic carbocycles. The Labute approximate surface area is 190 Å². The summed E-state index contributed by atoms with van der Waals surface area (Å²) >= 11 is 0. The number of fused-ring (bicyclic) bond motifs is 1. The van der Waals surface area contributed by atoms with Gasteiger partial charge in [0.2, 0.25) is 5.88 Å². The zero-order chi connectivity index (χ0) is 22.8. The lowest BCUT2D eigenvalue weighted by molar-refractivity contribution is 0.459. The molecule has 2 heterocycles. The molecular formula is C24H19N5O3S. The Balaban J connectivity index is 1.33. The second-order valence-corrected chi connectivity index (χ2v) is 9.00. The number of sulfonamides is 1. The molecule has 5 aromatic rings. The number of aromatic nitrogens is 4. The average molecular weight is 458 g/mol. The van der Waals surface area contributed by atoms with E-state index in [1.165, 1.54) is 0 Å². The van der Waals surface area contributed by atoms with Crippen LogP contribution in [-0.4, -0.2) is 27.9 Å². The van der Waals surface area contributed by atoms with Crippen LogP contribution >= 0.6 is 0 Å². The van der Waals surface area contributed by atoms with E-state index < -0.39 is 10.0 Å². The summed E-state index contributed by atoms with van der Waals surface area (Å²) < 4.78 is 35.9. The number of hydrogen-bond donors (Lipinski definition) is 1. The van der Waals surface area contributed by atoms with Crippen molar-refractivity contribution in [1.82, 2.24) is 19.5 Å². The molecule has 0 saturated heterocycles. The highest BCUT2D eigenvalue weighted by molar-refractivity contribution is 7.92. The Morgan fingerprint density at radius 3 is 2.45 bits per heavy atom. The zero-order valence-electron chi connectivity index (χ0n) is 17.6. The lowest BCUT2D eigenvalue weighted by atomic mass is 10.1. The van der Waals surface area contributed by atoms with Crippen molar-refractivity contribution >= 4 is 26.5 Å². The van der Waals surface area contributed by atoms with E-state index in [0.717, 1.165) is 10.8 Å². The van der Waals surface area contributed by atoms with Crippen LogP contribution in [0, 0.1) is 6.92 Å². The van der Waals surface area contributed by atoms with Gasteiger partial charge in [0.1, 0.15) is 23.7 Å². The van der Waals surface area contributed by atoms with Gasteiger partial charge in [0.15, 0.2) is 0 Å². The maximum Gasteiger partial charge on any atom is 0.261 e. The van der Waals surface area contributed by atoms with E-state index in [1.807, 2.05) is 24.3 Å². The van der Waals surface area contributed by atoms with Gasteiger partial charge in [-0.15, -0.1) is 0 Å². The number of benzene rings is 3. The zero-order valence-corrected chi connectivity index (χ0v) is 18.4. The summed E-state index contributed by atoms with van der Waals surface area (Å²) in [5.74, 6) is 2.07. The molecule has 8 nitrogen and oxygen atoms in total. The number of aryl methyl sites for hydroxylation is 1. The van der Waals surface area contributed by atoms with Gasteiger partial charge in [0, 0.05) is 24.1 Å². The normalized spacial score (nSPS) is 11.4. The van der Waals surface area contributed by atoms with Crippen molar-refractivity contribution in [2.45, 2.75) is 11.8 Å². The maximum absolute atomic E-state index is 12.8. The molecule has 0 atom stereocenters. The molecule has 2 aromatic heterocycles. The second kappa shape index (κ2) is 8.36. The summed E-state index contributed by atoms with van der Waals surface area (Å²) in [6, 6.07) is 21.0. The molecule has 3 aromatic carbocycles.